The number of benzene rings is 1. The molecule has 1 aromatic carbocycles. The molecule has 0 atom stereocenters. The Morgan fingerprint density at radius 2 is 2.10 bits per heavy atom. The molecule has 1 saturated carbocycles. The van der Waals surface area contributed by atoms with Crippen LogP contribution in [0.1, 0.15) is 39.2 Å². The SMILES string of the molecule is CN(Cc1cccc(NC2CC2)c1)C(=O)OC(C)(C)C. The first kappa shape index (κ1) is 14.7. The maximum absolute atomic E-state index is 11.9. The van der Waals surface area contributed by atoms with Crippen molar-refractivity contribution in [3.05, 3.63) is 29.8 Å². The zero-order chi connectivity index (χ0) is 14.8. The number of hydrogen-bond donors (Lipinski definition) is 1. The molecule has 4 nitrogen and oxygen atoms in total. The molecular weight excluding hydrogens is 252 g/mol. The van der Waals surface area contributed by atoms with Gasteiger partial charge in [0.1, 0.15) is 5.60 Å². The standard InChI is InChI=1S/C16H24N2O2/c1-16(2,3)20-15(19)18(4)11-12-6-5-7-14(10-12)17-13-8-9-13/h5-7,10,13,17H,8-9,11H2,1-4H3. The Morgan fingerprint density at radius 1 is 1.40 bits per heavy atom. The van der Waals surface area contributed by atoms with Crippen LogP contribution >= 0.6 is 0 Å². The van der Waals surface area contributed by atoms with Gasteiger partial charge in [-0.3, -0.25) is 0 Å². The molecule has 0 bridgehead atoms. The fourth-order valence-corrected chi connectivity index (χ4v) is 1.90. The van der Waals surface area contributed by atoms with E-state index in [9.17, 15) is 4.79 Å². The van der Waals surface area contributed by atoms with E-state index < -0.39 is 5.60 Å². The minimum atomic E-state index is -0.458. The van der Waals surface area contributed by atoms with E-state index >= 15 is 0 Å². The van der Waals surface area contributed by atoms with Crippen LogP contribution in [0.2, 0.25) is 0 Å². The highest BCUT2D eigenvalue weighted by Crippen LogP contribution is 2.25. The summed E-state index contributed by atoms with van der Waals surface area (Å²) in [7, 11) is 1.76. The lowest BCUT2D eigenvalue weighted by Gasteiger charge is -2.24. The second kappa shape index (κ2) is 5.73. The third kappa shape index (κ3) is 4.76. The minimum Gasteiger partial charge on any atom is -0.444 e. The molecule has 20 heavy (non-hydrogen) atoms. The number of hydrogen-bond acceptors (Lipinski definition) is 3. The molecule has 0 heterocycles. The molecule has 1 fully saturated rings. The van der Waals surface area contributed by atoms with Crippen molar-refractivity contribution in [1.82, 2.24) is 4.90 Å². The molecule has 1 aliphatic carbocycles. The fourth-order valence-electron chi connectivity index (χ4n) is 1.90. The van der Waals surface area contributed by atoms with Crippen molar-refractivity contribution in [2.45, 2.75) is 51.8 Å². The van der Waals surface area contributed by atoms with Crippen LogP contribution in [0.25, 0.3) is 0 Å². The molecule has 0 saturated heterocycles. The molecule has 1 aliphatic rings. The van der Waals surface area contributed by atoms with E-state index in [1.165, 1.54) is 12.8 Å². The molecule has 2 rings (SSSR count). The van der Waals surface area contributed by atoms with Crippen molar-refractivity contribution in [2.75, 3.05) is 12.4 Å². The van der Waals surface area contributed by atoms with Crippen molar-refractivity contribution in [1.29, 1.82) is 0 Å². The topological polar surface area (TPSA) is 41.6 Å². The van der Waals surface area contributed by atoms with Crippen LogP contribution in [0.4, 0.5) is 10.5 Å². The molecule has 0 spiro atoms. The summed E-state index contributed by atoms with van der Waals surface area (Å²) in [5.41, 5.74) is 1.77. The molecule has 0 aromatic heterocycles. The Hall–Kier alpha value is -1.71. The van der Waals surface area contributed by atoms with Gasteiger partial charge in [-0.15, -0.1) is 0 Å². The van der Waals surface area contributed by atoms with Crippen molar-refractivity contribution < 1.29 is 9.53 Å². The summed E-state index contributed by atoms with van der Waals surface area (Å²) < 4.78 is 5.35. The van der Waals surface area contributed by atoms with E-state index in [1.807, 2.05) is 32.9 Å². The molecule has 1 amide bonds. The van der Waals surface area contributed by atoms with Crippen LogP contribution in [-0.2, 0) is 11.3 Å². The Bertz CT molecular complexity index is 476. The van der Waals surface area contributed by atoms with Gasteiger partial charge in [0.05, 0.1) is 0 Å². The number of carbonyl (C=O) groups excluding carboxylic acids is 1. The Labute approximate surface area is 121 Å². The molecule has 1 N–H and O–H groups in total. The number of anilines is 1. The normalized spacial score (nSPS) is 14.8. The second-order valence-corrected chi connectivity index (χ2v) is 6.46. The molecular formula is C16H24N2O2. The number of amides is 1. The summed E-state index contributed by atoms with van der Waals surface area (Å²) in [6.07, 6.45) is 2.21. The second-order valence-electron chi connectivity index (χ2n) is 6.46. The number of nitrogens with one attached hydrogen (secondary N) is 1. The van der Waals surface area contributed by atoms with E-state index in [4.69, 9.17) is 4.74 Å². The smallest absolute Gasteiger partial charge is 0.410 e. The summed E-state index contributed by atoms with van der Waals surface area (Å²) in [6.45, 7) is 6.17. The van der Waals surface area contributed by atoms with E-state index in [0.717, 1.165) is 11.3 Å². The molecule has 0 aliphatic heterocycles. The van der Waals surface area contributed by atoms with Crippen molar-refractivity contribution in [3.8, 4) is 0 Å². The van der Waals surface area contributed by atoms with Gasteiger partial charge < -0.3 is 15.0 Å². The predicted molar refractivity (Wildman–Crippen MR) is 80.8 cm³/mol. The van der Waals surface area contributed by atoms with Crippen molar-refractivity contribution in [3.63, 3.8) is 0 Å². The highest BCUT2D eigenvalue weighted by molar-refractivity contribution is 5.67. The fraction of sp³-hybridized carbons (Fsp3) is 0.562. The van der Waals surface area contributed by atoms with E-state index in [1.54, 1.807) is 11.9 Å². The highest BCUT2D eigenvalue weighted by atomic mass is 16.6. The molecule has 4 heteroatoms. The van der Waals surface area contributed by atoms with Gasteiger partial charge in [0.2, 0.25) is 0 Å². The lowest BCUT2D eigenvalue weighted by Crippen LogP contribution is -2.33. The molecule has 0 unspecified atom stereocenters. The predicted octanol–water partition coefficient (Wildman–Crippen LogP) is 3.63. The number of ether oxygens (including phenoxy) is 1. The third-order valence-electron chi connectivity index (χ3n) is 3.00. The van der Waals surface area contributed by atoms with Crippen LogP contribution in [0, 0.1) is 0 Å². The Balaban J connectivity index is 1.92. The van der Waals surface area contributed by atoms with Crippen LogP contribution in [0.5, 0.6) is 0 Å². The van der Waals surface area contributed by atoms with Gasteiger partial charge >= 0.3 is 6.09 Å². The van der Waals surface area contributed by atoms with Gasteiger partial charge in [0.25, 0.3) is 0 Å². The van der Waals surface area contributed by atoms with Crippen molar-refractivity contribution >= 4 is 11.8 Å². The van der Waals surface area contributed by atoms with E-state index in [0.29, 0.717) is 12.6 Å². The summed E-state index contributed by atoms with van der Waals surface area (Å²) in [5, 5.41) is 3.46. The number of rotatable bonds is 4. The van der Waals surface area contributed by atoms with Gasteiger partial charge in [-0.25, -0.2) is 4.79 Å². The van der Waals surface area contributed by atoms with Crippen LogP contribution in [0.3, 0.4) is 0 Å². The maximum Gasteiger partial charge on any atom is 0.410 e. The van der Waals surface area contributed by atoms with Crippen molar-refractivity contribution in [2.24, 2.45) is 0 Å². The largest absolute Gasteiger partial charge is 0.444 e. The highest BCUT2D eigenvalue weighted by Gasteiger charge is 2.21. The third-order valence-corrected chi connectivity index (χ3v) is 3.00. The molecule has 110 valence electrons. The van der Waals surface area contributed by atoms with Gasteiger partial charge in [0, 0.05) is 25.3 Å². The monoisotopic (exact) mass is 276 g/mol. The number of carbonyl (C=O) groups is 1. The first-order valence-corrected chi connectivity index (χ1v) is 7.13. The average molecular weight is 276 g/mol. The molecule has 1 aromatic rings. The van der Waals surface area contributed by atoms with Gasteiger partial charge in [-0.1, -0.05) is 12.1 Å². The lowest BCUT2D eigenvalue weighted by molar-refractivity contribution is 0.0285. The van der Waals surface area contributed by atoms with E-state index in [2.05, 4.69) is 17.4 Å². The first-order chi connectivity index (χ1) is 9.33. The zero-order valence-corrected chi connectivity index (χ0v) is 12.8. The first-order valence-electron chi connectivity index (χ1n) is 7.13. The maximum atomic E-state index is 11.9. The summed E-state index contributed by atoms with van der Waals surface area (Å²) >= 11 is 0. The molecule has 0 radical (unpaired) electrons. The van der Waals surface area contributed by atoms with Crippen LogP contribution < -0.4 is 5.32 Å². The average Bonchev–Trinajstić information content (AvgIpc) is 3.11. The van der Waals surface area contributed by atoms with Crippen LogP contribution in [0.15, 0.2) is 24.3 Å². The minimum absolute atomic E-state index is 0.293. The number of nitrogens with zero attached hydrogens (tertiary/aromatic N) is 1. The lowest BCUT2D eigenvalue weighted by atomic mass is 10.2. The Morgan fingerprint density at radius 3 is 2.70 bits per heavy atom. The zero-order valence-electron chi connectivity index (χ0n) is 12.8. The van der Waals surface area contributed by atoms with Gasteiger partial charge in [0.15, 0.2) is 0 Å². The van der Waals surface area contributed by atoms with Crippen LogP contribution in [-0.4, -0.2) is 29.7 Å². The van der Waals surface area contributed by atoms with Gasteiger partial charge in [-0.05, 0) is 51.3 Å². The summed E-state index contributed by atoms with van der Waals surface area (Å²) in [4.78, 5) is 13.5. The summed E-state index contributed by atoms with van der Waals surface area (Å²) in [5.74, 6) is 0. The van der Waals surface area contributed by atoms with E-state index in [-0.39, 0.29) is 6.09 Å². The summed E-state index contributed by atoms with van der Waals surface area (Å²) in [6, 6.07) is 8.84. The quantitative estimate of drug-likeness (QED) is 0.913. The Kier molecular flexibility index (Phi) is 4.21. The van der Waals surface area contributed by atoms with Gasteiger partial charge in [-0.2, -0.15) is 0 Å².